The Bertz CT molecular complexity index is 695. The molecule has 2 unspecified atom stereocenters. The number of esters is 1. The molecule has 0 radical (unpaired) electrons. The maximum absolute atomic E-state index is 12.6. The van der Waals surface area contributed by atoms with Crippen LogP contribution in [0.3, 0.4) is 0 Å². The molecule has 0 saturated carbocycles. The minimum Gasteiger partial charge on any atom is -0.454 e. The van der Waals surface area contributed by atoms with Gasteiger partial charge in [0.2, 0.25) is 6.29 Å². The second-order valence-corrected chi connectivity index (χ2v) is 11.7. The predicted molar refractivity (Wildman–Crippen MR) is 151 cm³/mol. The van der Waals surface area contributed by atoms with Crippen LogP contribution in [0.2, 0.25) is 0 Å². The van der Waals surface area contributed by atoms with Crippen LogP contribution in [-0.2, 0) is 23.7 Å². The SMILES string of the molecule is CCCCCCCCCCCCCCCCCC(=O)OC1[C@@H](O[C@@]2(CO)C[C@@H](O)[C@@H](CO)O2)OC(CO)[C@@H](O)[C@H]1O. The molecule has 2 saturated heterocycles. The minimum atomic E-state index is -1.79. The number of ether oxygens (including phenoxy) is 4. The molecule has 2 fully saturated rings. The summed E-state index contributed by atoms with van der Waals surface area (Å²) < 4.78 is 22.3. The van der Waals surface area contributed by atoms with E-state index in [1.807, 2.05) is 0 Å². The summed E-state index contributed by atoms with van der Waals surface area (Å²) in [5, 5.41) is 60.0. The van der Waals surface area contributed by atoms with Gasteiger partial charge < -0.3 is 49.6 Å². The van der Waals surface area contributed by atoms with Crippen molar-refractivity contribution in [2.45, 2.75) is 165 Å². The molecular weight excluding hydrogens is 536 g/mol. The van der Waals surface area contributed by atoms with Crippen LogP contribution >= 0.6 is 0 Å². The molecule has 0 aromatic heterocycles. The summed E-state index contributed by atoms with van der Waals surface area (Å²) in [6.07, 6.45) is 8.43. The van der Waals surface area contributed by atoms with E-state index in [0.29, 0.717) is 6.42 Å². The number of carbonyl (C=O) groups excluding carboxylic acids is 1. The Morgan fingerprint density at radius 3 is 1.73 bits per heavy atom. The van der Waals surface area contributed by atoms with Crippen molar-refractivity contribution in [1.29, 1.82) is 0 Å². The third kappa shape index (κ3) is 12.3. The van der Waals surface area contributed by atoms with E-state index in [1.54, 1.807) is 0 Å². The summed E-state index contributed by atoms with van der Waals surface area (Å²) >= 11 is 0. The van der Waals surface area contributed by atoms with Crippen molar-refractivity contribution in [1.82, 2.24) is 0 Å². The largest absolute Gasteiger partial charge is 0.454 e. The first-order chi connectivity index (χ1) is 19.8. The van der Waals surface area contributed by atoms with Crippen molar-refractivity contribution in [2.24, 2.45) is 0 Å². The lowest BCUT2D eigenvalue weighted by molar-refractivity contribution is -0.372. The zero-order valence-electron chi connectivity index (χ0n) is 24.9. The van der Waals surface area contributed by atoms with E-state index in [4.69, 9.17) is 18.9 Å². The van der Waals surface area contributed by atoms with E-state index < -0.39 is 74.5 Å². The summed E-state index contributed by atoms with van der Waals surface area (Å²) in [6.45, 7) is 0.359. The van der Waals surface area contributed by atoms with Gasteiger partial charge in [-0.05, 0) is 6.42 Å². The molecule has 0 aliphatic carbocycles. The van der Waals surface area contributed by atoms with Crippen LogP contribution in [0, 0.1) is 0 Å². The van der Waals surface area contributed by atoms with E-state index in [1.165, 1.54) is 70.6 Å². The molecule has 2 aliphatic heterocycles. The van der Waals surface area contributed by atoms with Crippen LogP contribution in [0.25, 0.3) is 0 Å². The average Bonchev–Trinajstić information content (AvgIpc) is 3.30. The van der Waals surface area contributed by atoms with Gasteiger partial charge in [0.1, 0.15) is 24.4 Å². The molecular formula is C30H56O11. The van der Waals surface area contributed by atoms with Crippen LogP contribution in [-0.4, -0.2) is 105 Å². The highest BCUT2D eigenvalue weighted by Gasteiger charge is 2.54. The summed E-state index contributed by atoms with van der Waals surface area (Å²) in [4.78, 5) is 12.6. The maximum atomic E-state index is 12.6. The molecule has 242 valence electrons. The van der Waals surface area contributed by atoms with Crippen molar-refractivity contribution < 1.29 is 54.4 Å². The molecule has 0 bridgehead atoms. The number of aliphatic hydroxyl groups is 6. The fourth-order valence-corrected chi connectivity index (χ4v) is 5.57. The van der Waals surface area contributed by atoms with Crippen LogP contribution < -0.4 is 0 Å². The number of unbranched alkanes of at least 4 members (excludes halogenated alkanes) is 14. The van der Waals surface area contributed by atoms with Crippen molar-refractivity contribution in [3.8, 4) is 0 Å². The molecule has 41 heavy (non-hydrogen) atoms. The smallest absolute Gasteiger partial charge is 0.306 e. The minimum absolute atomic E-state index is 0.112. The van der Waals surface area contributed by atoms with E-state index in [9.17, 15) is 35.4 Å². The zero-order chi connectivity index (χ0) is 30.1. The van der Waals surface area contributed by atoms with Crippen molar-refractivity contribution in [3.05, 3.63) is 0 Å². The summed E-state index contributed by atoms with van der Waals surface area (Å²) in [7, 11) is 0. The van der Waals surface area contributed by atoms with Gasteiger partial charge in [0.05, 0.1) is 25.9 Å². The van der Waals surface area contributed by atoms with Crippen LogP contribution in [0.15, 0.2) is 0 Å². The highest BCUT2D eigenvalue weighted by atomic mass is 16.8. The topological polar surface area (TPSA) is 175 Å². The number of hydrogen-bond donors (Lipinski definition) is 6. The fourth-order valence-electron chi connectivity index (χ4n) is 5.57. The third-order valence-corrected chi connectivity index (χ3v) is 8.14. The van der Waals surface area contributed by atoms with Gasteiger partial charge in [0.15, 0.2) is 11.9 Å². The number of rotatable bonds is 22. The Labute approximate surface area is 245 Å². The Hall–Kier alpha value is -0.890. The second kappa shape index (κ2) is 20.1. The molecule has 8 atom stereocenters. The lowest BCUT2D eigenvalue weighted by Gasteiger charge is -2.43. The van der Waals surface area contributed by atoms with Gasteiger partial charge in [-0.15, -0.1) is 0 Å². The molecule has 0 aromatic carbocycles. The molecule has 6 N–H and O–H groups in total. The molecule has 2 heterocycles. The molecule has 0 aromatic rings. The summed E-state index contributed by atoms with van der Waals surface area (Å²) in [6, 6.07) is 0. The zero-order valence-corrected chi connectivity index (χ0v) is 24.9. The van der Waals surface area contributed by atoms with Gasteiger partial charge in [-0.3, -0.25) is 4.79 Å². The predicted octanol–water partition coefficient (Wildman–Crippen LogP) is 2.45. The normalized spacial score (nSPS) is 31.9. The lowest BCUT2D eigenvalue weighted by Crippen LogP contribution is -2.62. The van der Waals surface area contributed by atoms with Crippen molar-refractivity contribution >= 4 is 5.97 Å². The number of aliphatic hydroxyl groups excluding tert-OH is 6. The van der Waals surface area contributed by atoms with E-state index in [0.717, 1.165) is 19.3 Å². The highest BCUT2D eigenvalue weighted by Crippen LogP contribution is 2.36. The first kappa shape index (κ1) is 36.3. The molecule has 11 heteroatoms. The summed E-state index contributed by atoms with van der Waals surface area (Å²) in [5.41, 5.74) is 0. The van der Waals surface area contributed by atoms with Crippen LogP contribution in [0.1, 0.15) is 116 Å². The average molecular weight is 593 g/mol. The quantitative estimate of drug-likeness (QED) is 0.0804. The Balaban J connectivity index is 1.69. The second-order valence-electron chi connectivity index (χ2n) is 11.7. The first-order valence-corrected chi connectivity index (χ1v) is 15.9. The van der Waals surface area contributed by atoms with Crippen LogP contribution in [0.4, 0.5) is 0 Å². The maximum Gasteiger partial charge on any atom is 0.306 e. The Morgan fingerprint density at radius 1 is 0.756 bits per heavy atom. The van der Waals surface area contributed by atoms with Gasteiger partial charge in [0.25, 0.3) is 0 Å². The molecule has 0 amide bonds. The van der Waals surface area contributed by atoms with Gasteiger partial charge in [-0.25, -0.2) is 0 Å². The van der Waals surface area contributed by atoms with Crippen molar-refractivity contribution in [3.63, 3.8) is 0 Å². The molecule has 2 aliphatic rings. The monoisotopic (exact) mass is 592 g/mol. The number of hydrogen-bond acceptors (Lipinski definition) is 11. The fraction of sp³-hybridized carbons (Fsp3) is 0.967. The number of carbonyl (C=O) groups is 1. The molecule has 11 nitrogen and oxygen atoms in total. The molecule has 2 rings (SSSR count). The van der Waals surface area contributed by atoms with Crippen molar-refractivity contribution in [2.75, 3.05) is 19.8 Å². The van der Waals surface area contributed by atoms with Gasteiger partial charge >= 0.3 is 5.97 Å². The Morgan fingerprint density at radius 2 is 1.27 bits per heavy atom. The first-order valence-electron chi connectivity index (χ1n) is 15.9. The lowest BCUT2D eigenvalue weighted by atomic mass is 9.98. The summed E-state index contributed by atoms with van der Waals surface area (Å²) in [5.74, 6) is -2.40. The Kier molecular flexibility index (Phi) is 17.8. The van der Waals surface area contributed by atoms with Gasteiger partial charge in [-0.2, -0.15) is 0 Å². The standard InChI is InChI=1S/C30H56O11/c1-2-3-4-5-6-7-8-9-10-11-12-13-14-15-16-17-25(35)39-28-27(37)26(36)24(20-32)38-29(28)41-30(21-33)18-22(34)23(19-31)40-30/h22-24,26-29,31-34,36-37H,2-21H2,1H3/t22-,23-,24?,26-,27-,28?,29-,30-/m1/s1. The van der Waals surface area contributed by atoms with Gasteiger partial charge in [-0.1, -0.05) is 96.8 Å². The molecule has 0 spiro atoms. The van der Waals surface area contributed by atoms with E-state index in [-0.39, 0.29) is 12.8 Å². The van der Waals surface area contributed by atoms with Gasteiger partial charge in [0, 0.05) is 12.8 Å². The van der Waals surface area contributed by atoms with Crippen LogP contribution in [0.5, 0.6) is 0 Å². The van der Waals surface area contributed by atoms with E-state index >= 15 is 0 Å². The third-order valence-electron chi connectivity index (χ3n) is 8.14. The van der Waals surface area contributed by atoms with E-state index in [2.05, 4.69) is 6.92 Å². The highest BCUT2D eigenvalue weighted by molar-refractivity contribution is 5.69.